The van der Waals surface area contributed by atoms with Gasteiger partial charge in [-0.25, -0.2) is 0 Å². The Morgan fingerprint density at radius 3 is 2.31 bits per heavy atom. The third kappa shape index (κ3) is 2.59. The number of hydrogen-bond acceptors (Lipinski definition) is 1. The fourth-order valence-corrected chi connectivity index (χ4v) is 2.18. The molecule has 0 aliphatic heterocycles. The molecular formula is C12H7Br2ClO. The molecule has 0 amide bonds. The molecule has 0 bridgehead atoms. The zero-order chi connectivity index (χ0) is 11.5. The van der Waals surface area contributed by atoms with Gasteiger partial charge in [0.2, 0.25) is 0 Å². The fourth-order valence-electron chi connectivity index (χ4n) is 1.20. The van der Waals surface area contributed by atoms with Crippen LogP contribution in [-0.4, -0.2) is 0 Å². The molecule has 0 aliphatic carbocycles. The fraction of sp³-hybridized carbons (Fsp3) is 0. The van der Waals surface area contributed by atoms with E-state index in [2.05, 4.69) is 31.9 Å². The maximum absolute atomic E-state index is 6.15. The van der Waals surface area contributed by atoms with Gasteiger partial charge >= 0.3 is 0 Å². The van der Waals surface area contributed by atoms with E-state index in [1.807, 2.05) is 42.5 Å². The first-order chi connectivity index (χ1) is 7.68. The summed E-state index contributed by atoms with van der Waals surface area (Å²) >= 11 is 12.9. The van der Waals surface area contributed by atoms with Crippen molar-refractivity contribution in [2.24, 2.45) is 0 Å². The van der Waals surface area contributed by atoms with Gasteiger partial charge in [0, 0.05) is 4.47 Å². The molecule has 16 heavy (non-hydrogen) atoms. The molecule has 1 nitrogen and oxygen atoms in total. The van der Waals surface area contributed by atoms with Crippen LogP contribution in [0.1, 0.15) is 0 Å². The SMILES string of the molecule is Clc1c(Oc2ccccc2)ccc(Br)c1Br. The minimum absolute atomic E-state index is 0.554. The van der Waals surface area contributed by atoms with Crippen molar-refractivity contribution < 1.29 is 4.74 Å². The Morgan fingerprint density at radius 1 is 0.938 bits per heavy atom. The van der Waals surface area contributed by atoms with E-state index < -0.39 is 0 Å². The van der Waals surface area contributed by atoms with Gasteiger partial charge < -0.3 is 4.74 Å². The standard InChI is InChI=1S/C12H7Br2ClO/c13-9-6-7-10(12(15)11(9)14)16-8-4-2-1-3-5-8/h1-7H. The molecule has 2 rings (SSSR count). The van der Waals surface area contributed by atoms with E-state index in [4.69, 9.17) is 16.3 Å². The second-order valence-electron chi connectivity index (χ2n) is 3.09. The molecule has 0 saturated carbocycles. The van der Waals surface area contributed by atoms with Gasteiger partial charge in [0.1, 0.15) is 11.5 Å². The summed E-state index contributed by atoms with van der Waals surface area (Å²) in [6.07, 6.45) is 0. The van der Waals surface area contributed by atoms with E-state index in [1.165, 1.54) is 0 Å². The van der Waals surface area contributed by atoms with Crippen LogP contribution in [0, 0.1) is 0 Å². The van der Waals surface area contributed by atoms with Gasteiger partial charge in [-0.2, -0.15) is 0 Å². The molecule has 0 atom stereocenters. The lowest BCUT2D eigenvalue weighted by Gasteiger charge is -2.09. The minimum Gasteiger partial charge on any atom is -0.456 e. The first-order valence-electron chi connectivity index (χ1n) is 4.55. The van der Waals surface area contributed by atoms with Crippen LogP contribution >= 0.6 is 43.5 Å². The molecule has 0 aromatic heterocycles. The quantitative estimate of drug-likeness (QED) is 0.627. The zero-order valence-corrected chi connectivity index (χ0v) is 12.0. The van der Waals surface area contributed by atoms with E-state index in [9.17, 15) is 0 Å². The number of hydrogen-bond donors (Lipinski definition) is 0. The molecule has 0 spiro atoms. The van der Waals surface area contributed by atoms with Gasteiger partial charge in [-0.3, -0.25) is 0 Å². The molecule has 2 aromatic rings. The summed E-state index contributed by atoms with van der Waals surface area (Å²) in [5.41, 5.74) is 0. The average molecular weight is 362 g/mol. The summed E-state index contributed by atoms with van der Waals surface area (Å²) in [4.78, 5) is 0. The Morgan fingerprint density at radius 2 is 1.62 bits per heavy atom. The molecule has 2 aromatic carbocycles. The smallest absolute Gasteiger partial charge is 0.147 e. The summed E-state index contributed by atoms with van der Waals surface area (Å²) in [7, 11) is 0. The zero-order valence-electron chi connectivity index (χ0n) is 8.08. The largest absolute Gasteiger partial charge is 0.456 e. The maximum Gasteiger partial charge on any atom is 0.147 e. The van der Waals surface area contributed by atoms with E-state index in [1.54, 1.807) is 0 Å². The van der Waals surface area contributed by atoms with E-state index in [0.717, 1.165) is 14.7 Å². The van der Waals surface area contributed by atoms with Crippen molar-refractivity contribution >= 4 is 43.5 Å². The van der Waals surface area contributed by atoms with Crippen molar-refractivity contribution in [1.29, 1.82) is 0 Å². The summed E-state index contributed by atoms with van der Waals surface area (Å²) < 4.78 is 7.36. The van der Waals surface area contributed by atoms with E-state index >= 15 is 0 Å². The van der Waals surface area contributed by atoms with Crippen LogP contribution in [0.15, 0.2) is 51.4 Å². The van der Waals surface area contributed by atoms with Gasteiger partial charge in [0.05, 0.1) is 9.50 Å². The number of rotatable bonds is 2. The topological polar surface area (TPSA) is 9.23 Å². The monoisotopic (exact) mass is 360 g/mol. The molecule has 0 radical (unpaired) electrons. The van der Waals surface area contributed by atoms with Crippen LogP contribution in [0.25, 0.3) is 0 Å². The van der Waals surface area contributed by atoms with Crippen LogP contribution < -0.4 is 4.74 Å². The van der Waals surface area contributed by atoms with Crippen molar-refractivity contribution in [3.63, 3.8) is 0 Å². The lowest BCUT2D eigenvalue weighted by Crippen LogP contribution is -1.85. The lowest BCUT2D eigenvalue weighted by molar-refractivity contribution is 0.482. The minimum atomic E-state index is 0.554. The molecule has 0 fully saturated rings. The van der Waals surface area contributed by atoms with Crippen LogP contribution in [0.4, 0.5) is 0 Å². The predicted octanol–water partition coefficient (Wildman–Crippen LogP) is 5.66. The molecule has 82 valence electrons. The van der Waals surface area contributed by atoms with E-state index in [0.29, 0.717) is 10.8 Å². The highest BCUT2D eigenvalue weighted by Crippen LogP contribution is 2.39. The van der Waals surface area contributed by atoms with Crippen molar-refractivity contribution in [1.82, 2.24) is 0 Å². The highest BCUT2D eigenvalue weighted by molar-refractivity contribution is 9.13. The molecule has 0 saturated heterocycles. The van der Waals surface area contributed by atoms with Crippen LogP contribution in [0.3, 0.4) is 0 Å². The Labute approximate surface area is 116 Å². The number of para-hydroxylation sites is 1. The van der Waals surface area contributed by atoms with E-state index in [-0.39, 0.29) is 0 Å². The molecule has 0 unspecified atom stereocenters. The second-order valence-corrected chi connectivity index (χ2v) is 5.11. The second kappa shape index (κ2) is 5.21. The molecule has 0 aliphatic rings. The van der Waals surface area contributed by atoms with Gasteiger partial charge in [-0.05, 0) is 56.1 Å². The van der Waals surface area contributed by atoms with Gasteiger partial charge in [-0.15, -0.1) is 0 Å². The van der Waals surface area contributed by atoms with Gasteiger partial charge in [-0.1, -0.05) is 29.8 Å². The third-order valence-corrected chi connectivity index (χ3v) is 4.59. The average Bonchev–Trinajstić information content (AvgIpc) is 2.31. The summed E-state index contributed by atoms with van der Waals surface area (Å²) in [6, 6.07) is 13.2. The highest BCUT2D eigenvalue weighted by atomic mass is 79.9. The Hall–Kier alpha value is -0.510. The number of ether oxygens (including phenoxy) is 1. The summed E-state index contributed by atoms with van der Waals surface area (Å²) in [5.74, 6) is 1.39. The van der Waals surface area contributed by atoms with Crippen LogP contribution in [-0.2, 0) is 0 Å². The van der Waals surface area contributed by atoms with Crippen molar-refractivity contribution in [3.05, 3.63) is 56.4 Å². The highest BCUT2D eigenvalue weighted by Gasteiger charge is 2.09. The predicted molar refractivity (Wildman–Crippen MR) is 73.4 cm³/mol. The Bertz CT molecular complexity index is 500. The molecular weight excluding hydrogens is 355 g/mol. The summed E-state index contributed by atoms with van der Waals surface area (Å²) in [5, 5.41) is 0.554. The van der Waals surface area contributed by atoms with Crippen molar-refractivity contribution in [3.8, 4) is 11.5 Å². The Kier molecular flexibility index (Phi) is 3.90. The van der Waals surface area contributed by atoms with Crippen molar-refractivity contribution in [2.45, 2.75) is 0 Å². The van der Waals surface area contributed by atoms with Crippen LogP contribution in [0.5, 0.6) is 11.5 Å². The van der Waals surface area contributed by atoms with Gasteiger partial charge in [0.15, 0.2) is 0 Å². The first-order valence-corrected chi connectivity index (χ1v) is 6.51. The number of benzene rings is 2. The third-order valence-electron chi connectivity index (χ3n) is 1.97. The van der Waals surface area contributed by atoms with Crippen molar-refractivity contribution in [2.75, 3.05) is 0 Å². The number of halogens is 3. The molecule has 0 N–H and O–H groups in total. The summed E-state index contributed by atoms with van der Waals surface area (Å²) in [6.45, 7) is 0. The maximum atomic E-state index is 6.15. The normalized spacial score (nSPS) is 10.2. The lowest BCUT2D eigenvalue weighted by atomic mass is 10.3. The molecule has 4 heteroatoms. The van der Waals surface area contributed by atoms with Crippen LogP contribution in [0.2, 0.25) is 5.02 Å². The first kappa shape index (κ1) is 12.0. The Balaban J connectivity index is 2.33. The molecule has 0 heterocycles. The van der Waals surface area contributed by atoms with Gasteiger partial charge in [0.25, 0.3) is 0 Å².